The first kappa shape index (κ1) is 34.7. The summed E-state index contributed by atoms with van der Waals surface area (Å²) in [6.45, 7) is 17.5. The second kappa shape index (κ2) is 11.8. The Bertz CT molecular complexity index is 1070. The van der Waals surface area contributed by atoms with Crippen LogP contribution in [0.1, 0.15) is 113 Å². The molecule has 254 valence electrons. The lowest BCUT2D eigenvalue weighted by Crippen LogP contribution is -2.67. The van der Waals surface area contributed by atoms with Crippen LogP contribution in [0, 0.1) is 45.3 Å². The average Bonchev–Trinajstić information content (AvgIpc) is 3.32. The fraction of sp³-hybridized carbons (Fsp3) is 0.944. The normalized spacial score (nSPS) is 51.5. The summed E-state index contributed by atoms with van der Waals surface area (Å²) in [6.07, 6.45) is 3.15. The summed E-state index contributed by atoms with van der Waals surface area (Å²) in [6, 6.07) is 0. The molecule has 44 heavy (non-hydrogen) atoms. The fourth-order valence-electron chi connectivity index (χ4n) is 11.9. The predicted octanol–water partition coefficient (Wildman–Crippen LogP) is 4.32. The van der Waals surface area contributed by atoms with Crippen molar-refractivity contribution in [1.29, 1.82) is 0 Å². The number of rotatable bonds is 7. The van der Waals surface area contributed by atoms with Crippen molar-refractivity contribution in [3.8, 4) is 0 Å². The van der Waals surface area contributed by atoms with Gasteiger partial charge in [0.25, 0.3) is 0 Å². The first-order chi connectivity index (χ1) is 20.3. The molecule has 0 aromatic carbocycles. The minimum atomic E-state index is -1.46. The van der Waals surface area contributed by atoms with Gasteiger partial charge in [0.2, 0.25) is 0 Å². The Morgan fingerprint density at radius 2 is 1.55 bits per heavy atom. The van der Waals surface area contributed by atoms with E-state index in [9.17, 15) is 30.6 Å². The molecule has 5 rings (SSSR count). The molecule has 1 heterocycles. The molecule has 1 aliphatic heterocycles. The lowest BCUT2D eigenvalue weighted by Gasteiger charge is -2.70. The number of fused-ring (bicyclic) bond motifs is 5. The zero-order valence-corrected chi connectivity index (χ0v) is 28.5. The highest BCUT2D eigenvalue weighted by atomic mass is 16.7. The average molecular weight is 623 g/mol. The molecule has 6 N–H and O–H groups in total. The summed E-state index contributed by atoms with van der Waals surface area (Å²) in [5, 5.41) is 64.8. The molecule has 8 heteroatoms. The van der Waals surface area contributed by atoms with Gasteiger partial charge in [-0.25, -0.2) is 0 Å². The van der Waals surface area contributed by atoms with Crippen LogP contribution in [0.3, 0.4) is 0 Å². The zero-order valence-electron chi connectivity index (χ0n) is 28.5. The molecule has 0 unspecified atom stereocenters. The second-order valence-corrected chi connectivity index (χ2v) is 17.3. The van der Waals surface area contributed by atoms with Crippen molar-refractivity contribution < 1.29 is 40.1 Å². The minimum absolute atomic E-state index is 0.0231. The topological polar surface area (TPSA) is 140 Å². The number of ether oxygens (including phenoxy) is 2. The first-order valence-electron chi connectivity index (χ1n) is 17.3. The van der Waals surface area contributed by atoms with Crippen LogP contribution >= 0.6 is 0 Å². The van der Waals surface area contributed by atoms with Crippen LogP contribution in [0.2, 0.25) is 0 Å². The van der Waals surface area contributed by atoms with E-state index in [1.165, 1.54) is 5.57 Å². The van der Waals surface area contributed by atoms with Gasteiger partial charge in [-0.3, -0.25) is 0 Å². The van der Waals surface area contributed by atoms with Crippen molar-refractivity contribution in [2.75, 3.05) is 6.61 Å². The van der Waals surface area contributed by atoms with Gasteiger partial charge in [-0.05, 0) is 124 Å². The molecular weight excluding hydrogens is 560 g/mol. The van der Waals surface area contributed by atoms with Crippen LogP contribution in [0.15, 0.2) is 11.6 Å². The summed E-state index contributed by atoms with van der Waals surface area (Å²) >= 11 is 0. The summed E-state index contributed by atoms with van der Waals surface area (Å²) in [4.78, 5) is 0. The van der Waals surface area contributed by atoms with Crippen LogP contribution in [0.4, 0.5) is 0 Å². The molecule has 5 fully saturated rings. The van der Waals surface area contributed by atoms with Crippen molar-refractivity contribution >= 4 is 0 Å². The van der Waals surface area contributed by atoms with E-state index >= 15 is 0 Å². The van der Waals surface area contributed by atoms with Gasteiger partial charge in [-0.15, -0.1) is 0 Å². The lowest BCUT2D eigenvalue weighted by molar-refractivity contribution is -0.332. The molecule has 15 atom stereocenters. The molecule has 0 bridgehead atoms. The third-order valence-electron chi connectivity index (χ3n) is 14.5. The van der Waals surface area contributed by atoms with Crippen molar-refractivity contribution in [2.24, 2.45) is 45.3 Å². The summed E-state index contributed by atoms with van der Waals surface area (Å²) in [5.74, 6) is 0.792. The predicted molar refractivity (Wildman–Crippen MR) is 168 cm³/mol. The standard InChI is InChI=1S/C36H62O8/c1-20(2)10-9-14-36(8,42)21-11-16-35(7)27(21)22(38)18-25-33(5)15-13-26(32(3,4)24(33)12-17-34(25,35)6)44-31-30(41)29(40)28(39)23(19-37)43-31/h10,21-31,37-42H,9,11-19H2,1-8H3/t21-,22-,23+,24-,25-,26+,27-,28-,29-,30+,31+,33+,34+,35+,36-/m1/s1. The molecular formula is C36H62O8. The van der Waals surface area contributed by atoms with Gasteiger partial charge in [-0.1, -0.05) is 46.3 Å². The summed E-state index contributed by atoms with van der Waals surface area (Å²) in [7, 11) is 0. The molecule has 0 radical (unpaired) electrons. The van der Waals surface area contributed by atoms with Gasteiger partial charge in [0, 0.05) is 0 Å². The van der Waals surface area contributed by atoms with Crippen LogP contribution in [-0.4, -0.2) is 85.8 Å². The first-order valence-corrected chi connectivity index (χ1v) is 17.3. The van der Waals surface area contributed by atoms with Crippen molar-refractivity contribution in [3.63, 3.8) is 0 Å². The minimum Gasteiger partial charge on any atom is -0.394 e. The largest absolute Gasteiger partial charge is 0.394 e. The Morgan fingerprint density at radius 1 is 0.886 bits per heavy atom. The van der Waals surface area contributed by atoms with Crippen molar-refractivity contribution in [3.05, 3.63) is 11.6 Å². The highest BCUT2D eigenvalue weighted by molar-refractivity contribution is 5.20. The van der Waals surface area contributed by atoms with E-state index < -0.39 is 49.0 Å². The quantitative estimate of drug-likeness (QED) is 0.182. The molecule has 0 amide bonds. The maximum absolute atomic E-state index is 12.0. The molecule has 4 saturated carbocycles. The summed E-state index contributed by atoms with van der Waals surface area (Å²) < 4.78 is 12.2. The lowest BCUT2D eigenvalue weighted by atomic mass is 9.35. The summed E-state index contributed by atoms with van der Waals surface area (Å²) in [5.41, 5.74) is 0.122. The third kappa shape index (κ3) is 5.26. The van der Waals surface area contributed by atoms with Crippen LogP contribution in [-0.2, 0) is 9.47 Å². The number of hydrogen-bond donors (Lipinski definition) is 6. The van der Waals surface area contributed by atoms with E-state index in [1.54, 1.807) is 0 Å². The van der Waals surface area contributed by atoms with Gasteiger partial charge < -0.3 is 40.1 Å². The van der Waals surface area contributed by atoms with Crippen molar-refractivity contribution in [1.82, 2.24) is 0 Å². The monoisotopic (exact) mass is 622 g/mol. The molecule has 4 aliphatic carbocycles. The molecule has 8 nitrogen and oxygen atoms in total. The molecule has 0 aromatic rings. The van der Waals surface area contributed by atoms with E-state index in [1.807, 2.05) is 6.92 Å². The number of aliphatic hydroxyl groups excluding tert-OH is 5. The SMILES string of the molecule is CC(C)=CCC[C@@](C)(O)[C@@H]1CC[C@@]2(C)[C@H]1[C@H](O)C[C@@H]1[C@@]3(C)CC[C@H](O[C@@H]4O[C@@H](CO)[C@@H](O)[C@@H](O)[C@@H]4O)C(C)(C)[C@H]3CC[C@@]12C. The van der Waals surface area contributed by atoms with E-state index in [2.05, 4.69) is 54.5 Å². The van der Waals surface area contributed by atoms with Gasteiger partial charge >= 0.3 is 0 Å². The van der Waals surface area contributed by atoms with E-state index in [4.69, 9.17) is 9.47 Å². The van der Waals surface area contributed by atoms with E-state index in [0.29, 0.717) is 18.3 Å². The van der Waals surface area contributed by atoms with Gasteiger partial charge in [-0.2, -0.15) is 0 Å². The molecule has 0 spiro atoms. The highest BCUT2D eigenvalue weighted by Gasteiger charge is 2.71. The Balaban J connectivity index is 1.37. The Kier molecular flexibility index (Phi) is 9.35. The number of allylic oxidation sites excluding steroid dienone is 2. The molecule has 0 aromatic heterocycles. The highest BCUT2D eigenvalue weighted by Crippen LogP contribution is 2.76. The second-order valence-electron chi connectivity index (χ2n) is 17.3. The fourth-order valence-corrected chi connectivity index (χ4v) is 11.9. The van der Waals surface area contributed by atoms with E-state index in [-0.39, 0.29) is 39.6 Å². The molecule has 5 aliphatic rings. The van der Waals surface area contributed by atoms with Gasteiger partial charge in [0.15, 0.2) is 6.29 Å². The van der Waals surface area contributed by atoms with Crippen molar-refractivity contribution in [2.45, 2.75) is 162 Å². The van der Waals surface area contributed by atoms with E-state index in [0.717, 1.165) is 51.4 Å². The zero-order chi connectivity index (χ0) is 32.6. The smallest absolute Gasteiger partial charge is 0.186 e. The van der Waals surface area contributed by atoms with Gasteiger partial charge in [0.1, 0.15) is 24.4 Å². The molecule has 1 saturated heterocycles. The van der Waals surface area contributed by atoms with Crippen LogP contribution < -0.4 is 0 Å². The maximum Gasteiger partial charge on any atom is 0.186 e. The van der Waals surface area contributed by atoms with Crippen LogP contribution in [0.25, 0.3) is 0 Å². The number of aliphatic hydroxyl groups is 6. The maximum atomic E-state index is 12.0. The Labute approximate surface area is 265 Å². The third-order valence-corrected chi connectivity index (χ3v) is 14.5. The van der Waals surface area contributed by atoms with Crippen LogP contribution in [0.5, 0.6) is 0 Å². The van der Waals surface area contributed by atoms with Gasteiger partial charge in [0.05, 0.1) is 24.4 Å². The Hall–Kier alpha value is -0.580. The Morgan fingerprint density at radius 3 is 2.18 bits per heavy atom. The number of hydrogen-bond acceptors (Lipinski definition) is 8.